The average molecular weight is 296 g/mol. The van der Waals surface area contributed by atoms with Gasteiger partial charge >= 0.3 is 0 Å². The number of hydrogen-bond acceptors (Lipinski definition) is 2. The highest BCUT2D eigenvalue weighted by Crippen LogP contribution is 2.40. The van der Waals surface area contributed by atoms with E-state index in [4.69, 9.17) is 4.74 Å². The molecule has 17 heavy (non-hydrogen) atoms. The zero-order valence-corrected chi connectivity index (χ0v) is 12.2. The van der Waals surface area contributed by atoms with Gasteiger partial charge in [-0.3, -0.25) is 4.99 Å². The van der Waals surface area contributed by atoms with Crippen LogP contribution in [0.2, 0.25) is 0 Å². The molecule has 1 aliphatic heterocycles. The van der Waals surface area contributed by atoms with E-state index in [0.717, 1.165) is 35.4 Å². The molecule has 1 aliphatic rings. The SMILES string of the molecule is CCCOc1c(Br)ccc2c1C[C@H](C)C(C)=N2. The van der Waals surface area contributed by atoms with E-state index in [1.807, 2.05) is 6.07 Å². The fourth-order valence-electron chi connectivity index (χ4n) is 2.01. The maximum absolute atomic E-state index is 5.85. The number of hydrogen-bond donors (Lipinski definition) is 0. The monoisotopic (exact) mass is 295 g/mol. The van der Waals surface area contributed by atoms with Gasteiger partial charge in [0.25, 0.3) is 0 Å². The van der Waals surface area contributed by atoms with E-state index >= 15 is 0 Å². The molecule has 0 N–H and O–H groups in total. The van der Waals surface area contributed by atoms with E-state index in [1.54, 1.807) is 0 Å². The Labute approximate surface area is 111 Å². The van der Waals surface area contributed by atoms with E-state index in [0.29, 0.717) is 5.92 Å². The fraction of sp³-hybridized carbons (Fsp3) is 0.500. The summed E-state index contributed by atoms with van der Waals surface area (Å²) in [7, 11) is 0. The van der Waals surface area contributed by atoms with Gasteiger partial charge in [0, 0.05) is 11.3 Å². The standard InChI is InChI=1S/C14H18BrNO/c1-4-7-17-14-11-8-9(2)10(3)16-13(11)6-5-12(14)15/h5-6,9H,4,7-8H2,1-3H3/t9-/m0/s1. The summed E-state index contributed by atoms with van der Waals surface area (Å²) in [6.07, 6.45) is 2.04. The summed E-state index contributed by atoms with van der Waals surface area (Å²) in [5, 5.41) is 0. The van der Waals surface area contributed by atoms with Crippen molar-refractivity contribution in [3.63, 3.8) is 0 Å². The molecular weight excluding hydrogens is 278 g/mol. The number of nitrogens with zero attached hydrogens (tertiary/aromatic N) is 1. The molecule has 2 rings (SSSR count). The molecule has 1 heterocycles. The Hall–Kier alpha value is -0.830. The summed E-state index contributed by atoms with van der Waals surface area (Å²) < 4.78 is 6.89. The minimum atomic E-state index is 0.501. The van der Waals surface area contributed by atoms with Crippen LogP contribution in [0.15, 0.2) is 21.6 Å². The first kappa shape index (κ1) is 12.6. The lowest BCUT2D eigenvalue weighted by atomic mass is 9.92. The Morgan fingerprint density at radius 3 is 2.94 bits per heavy atom. The van der Waals surface area contributed by atoms with Gasteiger partial charge in [-0.15, -0.1) is 0 Å². The quantitative estimate of drug-likeness (QED) is 0.803. The highest BCUT2D eigenvalue weighted by atomic mass is 79.9. The number of ether oxygens (including phenoxy) is 1. The second-order valence-corrected chi connectivity index (χ2v) is 5.44. The van der Waals surface area contributed by atoms with Gasteiger partial charge < -0.3 is 4.74 Å². The summed E-state index contributed by atoms with van der Waals surface area (Å²) in [6.45, 7) is 7.19. The van der Waals surface area contributed by atoms with Crippen molar-refractivity contribution >= 4 is 27.3 Å². The minimum Gasteiger partial charge on any atom is -0.492 e. The molecule has 2 nitrogen and oxygen atoms in total. The van der Waals surface area contributed by atoms with Crippen molar-refractivity contribution in [1.82, 2.24) is 0 Å². The molecule has 1 aromatic carbocycles. The van der Waals surface area contributed by atoms with Crippen LogP contribution in [0, 0.1) is 5.92 Å². The van der Waals surface area contributed by atoms with Gasteiger partial charge in [-0.25, -0.2) is 0 Å². The predicted molar refractivity (Wildman–Crippen MR) is 75.6 cm³/mol. The maximum atomic E-state index is 5.85. The number of rotatable bonds is 3. The Morgan fingerprint density at radius 2 is 2.24 bits per heavy atom. The topological polar surface area (TPSA) is 21.6 Å². The third-order valence-electron chi connectivity index (χ3n) is 3.16. The number of aliphatic imine (C=N–C) groups is 1. The molecule has 0 aliphatic carbocycles. The molecule has 0 saturated heterocycles. The molecule has 0 spiro atoms. The van der Waals surface area contributed by atoms with Crippen molar-refractivity contribution in [2.24, 2.45) is 10.9 Å². The van der Waals surface area contributed by atoms with E-state index in [-0.39, 0.29) is 0 Å². The number of halogens is 1. The van der Waals surface area contributed by atoms with Crippen LogP contribution in [-0.4, -0.2) is 12.3 Å². The van der Waals surface area contributed by atoms with Gasteiger partial charge in [0.05, 0.1) is 16.8 Å². The van der Waals surface area contributed by atoms with Crippen molar-refractivity contribution in [3.8, 4) is 5.75 Å². The maximum Gasteiger partial charge on any atom is 0.138 e. The minimum absolute atomic E-state index is 0.501. The van der Waals surface area contributed by atoms with Crippen LogP contribution < -0.4 is 4.74 Å². The summed E-state index contributed by atoms with van der Waals surface area (Å²) in [6, 6.07) is 4.09. The van der Waals surface area contributed by atoms with Gasteiger partial charge in [0.1, 0.15) is 5.75 Å². The molecule has 0 unspecified atom stereocenters. The normalized spacial score (nSPS) is 18.6. The second kappa shape index (κ2) is 5.21. The highest BCUT2D eigenvalue weighted by Gasteiger charge is 2.21. The van der Waals surface area contributed by atoms with Crippen LogP contribution in [0.4, 0.5) is 5.69 Å². The molecule has 0 amide bonds. The summed E-state index contributed by atoms with van der Waals surface area (Å²) >= 11 is 3.57. The molecule has 3 heteroatoms. The van der Waals surface area contributed by atoms with E-state index in [9.17, 15) is 0 Å². The molecule has 1 aromatic rings. The Kier molecular flexibility index (Phi) is 3.87. The smallest absolute Gasteiger partial charge is 0.138 e. The molecule has 0 radical (unpaired) electrons. The number of benzene rings is 1. The predicted octanol–water partition coefficient (Wildman–Crippen LogP) is 4.52. The van der Waals surface area contributed by atoms with Crippen molar-refractivity contribution in [3.05, 3.63) is 22.2 Å². The zero-order valence-electron chi connectivity index (χ0n) is 10.6. The fourth-order valence-corrected chi connectivity index (χ4v) is 2.49. The van der Waals surface area contributed by atoms with Crippen LogP contribution in [0.25, 0.3) is 0 Å². The third kappa shape index (κ3) is 2.54. The van der Waals surface area contributed by atoms with Crippen molar-refractivity contribution < 1.29 is 4.74 Å². The third-order valence-corrected chi connectivity index (χ3v) is 3.78. The van der Waals surface area contributed by atoms with Gasteiger partial charge in [0.15, 0.2) is 0 Å². The first-order valence-electron chi connectivity index (χ1n) is 6.12. The van der Waals surface area contributed by atoms with Crippen LogP contribution >= 0.6 is 15.9 Å². The van der Waals surface area contributed by atoms with E-state index < -0.39 is 0 Å². The zero-order chi connectivity index (χ0) is 12.4. The molecule has 0 saturated carbocycles. The molecule has 0 aromatic heterocycles. The Morgan fingerprint density at radius 1 is 1.47 bits per heavy atom. The first-order valence-corrected chi connectivity index (χ1v) is 6.92. The van der Waals surface area contributed by atoms with Gasteiger partial charge in [-0.1, -0.05) is 13.8 Å². The summed E-state index contributed by atoms with van der Waals surface area (Å²) in [4.78, 5) is 4.65. The Bertz CT molecular complexity index is 454. The van der Waals surface area contributed by atoms with Crippen LogP contribution in [-0.2, 0) is 6.42 Å². The molecule has 92 valence electrons. The summed E-state index contributed by atoms with van der Waals surface area (Å²) in [5.74, 6) is 1.48. The van der Waals surface area contributed by atoms with Crippen molar-refractivity contribution in [1.29, 1.82) is 0 Å². The largest absolute Gasteiger partial charge is 0.492 e. The average Bonchev–Trinajstić information content (AvgIpc) is 2.30. The van der Waals surface area contributed by atoms with Gasteiger partial charge in [-0.05, 0) is 53.7 Å². The molecule has 0 fully saturated rings. The lowest BCUT2D eigenvalue weighted by molar-refractivity contribution is 0.311. The lowest BCUT2D eigenvalue weighted by Gasteiger charge is -2.23. The lowest BCUT2D eigenvalue weighted by Crippen LogP contribution is -2.15. The second-order valence-electron chi connectivity index (χ2n) is 4.58. The summed E-state index contributed by atoms with van der Waals surface area (Å²) in [5.41, 5.74) is 3.52. The van der Waals surface area contributed by atoms with Crippen LogP contribution in [0.5, 0.6) is 5.75 Å². The van der Waals surface area contributed by atoms with E-state index in [2.05, 4.69) is 47.8 Å². The molecule has 1 atom stereocenters. The van der Waals surface area contributed by atoms with Crippen LogP contribution in [0.1, 0.15) is 32.8 Å². The van der Waals surface area contributed by atoms with Gasteiger partial charge in [-0.2, -0.15) is 0 Å². The van der Waals surface area contributed by atoms with Gasteiger partial charge in [0.2, 0.25) is 0 Å². The first-order chi connectivity index (χ1) is 8.13. The molecular formula is C14H18BrNO. The highest BCUT2D eigenvalue weighted by molar-refractivity contribution is 9.10. The van der Waals surface area contributed by atoms with E-state index in [1.165, 1.54) is 11.3 Å². The number of fused-ring (bicyclic) bond motifs is 1. The Balaban J connectivity index is 2.43. The van der Waals surface area contributed by atoms with Crippen molar-refractivity contribution in [2.75, 3.05) is 6.61 Å². The van der Waals surface area contributed by atoms with Crippen LogP contribution in [0.3, 0.4) is 0 Å². The molecule has 0 bridgehead atoms. The van der Waals surface area contributed by atoms with Crippen molar-refractivity contribution in [2.45, 2.75) is 33.6 Å².